The molecule has 57 heavy (non-hydrogen) atoms. The van der Waals surface area contributed by atoms with Crippen LogP contribution in [0.2, 0.25) is 0 Å². The molecule has 0 radical (unpaired) electrons. The van der Waals surface area contributed by atoms with E-state index in [9.17, 15) is 76.3 Å². The molecule has 5 fully saturated rings. The molecule has 5 aliphatic rings. The number of aliphatic hydroxyl groups excluding tert-OH is 14. The van der Waals surface area contributed by atoms with Gasteiger partial charge >= 0.3 is 0 Å². The second-order valence-corrected chi connectivity index (χ2v) is 14.7. The van der Waals surface area contributed by atoms with E-state index in [1.54, 1.807) is 0 Å². The average molecular weight is 838 g/mol. The number of carbonyl (C=O) groups excluding carboxylic acids is 1. The molecule has 0 aromatic heterocycles. The topological polar surface area (TPSA) is 395 Å². The summed E-state index contributed by atoms with van der Waals surface area (Å²) in [6.45, 7) is 1.16. The molecule has 5 rings (SSSR count). The van der Waals surface area contributed by atoms with E-state index >= 15 is 0 Å². The lowest BCUT2D eigenvalue weighted by atomic mass is 9.95. The van der Waals surface area contributed by atoms with Crippen LogP contribution in [0.3, 0.4) is 0 Å². The van der Waals surface area contributed by atoms with E-state index in [2.05, 4.69) is 5.32 Å². The molecule has 25 atom stereocenters. The van der Waals surface area contributed by atoms with Crippen molar-refractivity contribution < 1.29 is 119 Å². The molecule has 15 N–H and O–H groups in total. The first-order valence-corrected chi connectivity index (χ1v) is 18.3. The van der Waals surface area contributed by atoms with Crippen molar-refractivity contribution >= 4 is 5.91 Å². The second kappa shape index (κ2) is 19.5. The largest absolute Gasteiger partial charge is 0.394 e. The van der Waals surface area contributed by atoms with E-state index in [-0.39, 0.29) is 0 Å². The number of rotatable bonds is 12. The third-order valence-corrected chi connectivity index (χ3v) is 10.6. The third-order valence-electron chi connectivity index (χ3n) is 10.6. The van der Waals surface area contributed by atoms with Crippen LogP contribution in [-0.2, 0) is 47.4 Å². The fourth-order valence-electron chi connectivity index (χ4n) is 7.30. The van der Waals surface area contributed by atoms with Crippen LogP contribution in [0, 0.1) is 0 Å². The van der Waals surface area contributed by atoms with Crippen molar-refractivity contribution in [1.82, 2.24) is 5.32 Å². The normalized spacial score (nSPS) is 52.3. The summed E-state index contributed by atoms with van der Waals surface area (Å²) in [4.78, 5) is 11.9. The summed E-state index contributed by atoms with van der Waals surface area (Å²) in [6.07, 6.45) is -41.7. The minimum atomic E-state index is -2.10. The van der Waals surface area contributed by atoms with Crippen molar-refractivity contribution in [1.29, 1.82) is 0 Å². The highest BCUT2D eigenvalue weighted by Gasteiger charge is 2.56. The Morgan fingerprint density at radius 2 is 0.807 bits per heavy atom. The molecule has 0 aliphatic carbocycles. The fourth-order valence-corrected chi connectivity index (χ4v) is 7.30. The van der Waals surface area contributed by atoms with Gasteiger partial charge in [0.2, 0.25) is 5.91 Å². The van der Waals surface area contributed by atoms with Crippen LogP contribution in [0.5, 0.6) is 0 Å². The third kappa shape index (κ3) is 9.71. The van der Waals surface area contributed by atoms with Crippen LogP contribution >= 0.6 is 0 Å². The maximum absolute atomic E-state index is 11.9. The highest BCUT2D eigenvalue weighted by molar-refractivity contribution is 5.73. The standard InChI is InChI=1S/C32H55NO24/c1-7-14(38)19(43)20(44)29(49-7)56-26-17(41)11(5-35)53-32(22(26)46)57-27-18(42)12(6-36)52-31(23(27)47)55-25-15(39)8(2)50-30(21(25)45)54-24-13(33-9(3)37)28(48)51-10(4-34)16(24)40/h7-8,10-32,34-36,38-48H,4-6H2,1-3H3,(H,33,37)/t7-,8-,10+,11+,12+,13+,14+,15+,16-,17+,18+,19+,20-,21-,22-,23-,24+,25+,26-,27-,28+,29-,30-,31+,32-/m0/s1. The van der Waals surface area contributed by atoms with Crippen molar-refractivity contribution in [2.24, 2.45) is 0 Å². The Balaban J connectivity index is 1.33. The molecular weight excluding hydrogens is 782 g/mol. The van der Waals surface area contributed by atoms with E-state index in [0.717, 1.165) is 6.92 Å². The Hall–Kier alpha value is -1.45. The maximum atomic E-state index is 11.9. The summed E-state index contributed by atoms with van der Waals surface area (Å²) < 4.78 is 50.2. The zero-order valence-electron chi connectivity index (χ0n) is 30.9. The van der Waals surface area contributed by atoms with Crippen LogP contribution in [0.4, 0.5) is 0 Å². The molecule has 25 nitrogen and oxygen atoms in total. The second-order valence-electron chi connectivity index (χ2n) is 14.7. The van der Waals surface area contributed by atoms with Gasteiger partial charge in [0.15, 0.2) is 31.5 Å². The van der Waals surface area contributed by atoms with Crippen LogP contribution in [0.25, 0.3) is 0 Å². The van der Waals surface area contributed by atoms with Gasteiger partial charge in [-0.05, 0) is 13.8 Å². The summed E-state index contributed by atoms with van der Waals surface area (Å²) in [7, 11) is 0. The molecule has 0 saturated carbocycles. The fraction of sp³-hybridized carbons (Fsp3) is 0.969. The highest BCUT2D eigenvalue weighted by atomic mass is 16.8. The molecular formula is C32H55NO24. The Morgan fingerprint density at radius 1 is 0.456 bits per heavy atom. The van der Waals surface area contributed by atoms with Gasteiger partial charge in [0.05, 0.1) is 32.0 Å². The molecule has 0 aromatic carbocycles. The molecule has 0 unspecified atom stereocenters. The van der Waals surface area contributed by atoms with Crippen LogP contribution in [-0.4, -0.2) is 251 Å². The number of nitrogens with one attached hydrogen (secondary N) is 1. The Kier molecular flexibility index (Phi) is 16.0. The van der Waals surface area contributed by atoms with Crippen molar-refractivity contribution in [3.63, 3.8) is 0 Å². The highest BCUT2D eigenvalue weighted by Crippen LogP contribution is 2.35. The predicted molar refractivity (Wildman–Crippen MR) is 175 cm³/mol. The van der Waals surface area contributed by atoms with Crippen molar-refractivity contribution in [3.05, 3.63) is 0 Å². The Morgan fingerprint density at radius 3 is 1.25 bits per heavy atom. The van der Waals surface area contributed by atoms with Gasteiger partial charge in [-0.3, -0.25) is 4.79 Å². The van der Waals surface area contributed by atoms with Crippen molar-refractivity contribution in [3.8, 4) is 0 Å². The molecule has 0 aromatic rings. The number of hydrogen-bond donors (Lipinski definition) is 15. The van der Waals surface area contributed by atoms with Crippen molar-refractivity contribution in [2.75, 3.05) is 19.8 Å². The quantitative estimate of drug-likeness (QED) is 0.0867. The summed E-state index contributed by atoms with van der Waals surface area (Å²) in [6, 6.07) is -1.46. The first kappa shape index (κ1) is 46.6. The molecule has 5 saturated heterocycles. The van der Waals surface area contributed by atoms with Gasteiger partial charge in [0.1, 0.15) is 110 Å². The minimum Gasteiger partial charge on any atom is -0.394 e. The number of carbonyl (C=O) groups is 1. The number of hydrogen-bond acceptors (Lipinski definition) is 24. The molecule has 25 heteroatoms. The van der Waals surface area contributed by atoms with Gasteiger partial charge in [0, 0.05) is 6.92 Å². The van der Waals surface area contributed by atoms with Crippen LogP contribution in [0.15, 0.2) is 0 Å². The predicted octanol–water partition coefficient (Wildman–Crippen LogP) is -9.73. The summed E-state index contributed by atoms with van der Waals surface area (Å²) >= 11 is 0. The van der Waals surface area contributed by atoms with Gasteiger partial charge < -0.3 is 119 Å². The zero-order valence-corrected chi connectivity index (χ0v) is 30.9. The molecule has 5 aliphatic heterocycles. The van der Waals surface area contributed by atoms with E-state index < -0.39 is 179 Å². The average Bonchev–Trinajstić information content (AvgIpc) is 3.17. The Labute approximate surface area is 324 Å². The van der Waals surface area contributed by atoms with Gasteiger partial charge in [-0.1, -0.05) is 0 Å². The summed E-state index contributed by atoms with van der Waals surface area (Å²) in [5.74, 6) is -0.675. The summed E-state index contributed by atoms with van der Waals surface area (Å²) in [5.41, 5.74) is 0. The lowest BCUT2D eigenvalue weighted by Crippen LogP contribution is -2.68. The molecule has 0 spiro atoms. The minimum absolute atomic E-state index is 0.675. The molecule has 0 bridgehead atoms. The SMILES string of the molecule is CC(=O)N[C@@H]1[C@@H](O[C@@H]2O[C@@H](C)[C@@H](O)[C@@H](O[C@H]3O[C@H](CO)[C@@H](O)[C@H](O[C@@H]4O[C@H](CO)[C@@H](O)[C@H](O[C@@H]5O[C@@H](C)[C@@H](O)[C@@H](O)[C@@H]5O)[C@@H]4O)[C@@H]3O)[C@@H]2O)[C@@H](O)[C@@H](CO)O[C@H]1O. The van der Waals surface area contributed by atoms with Crippen LogP contribution < -0.4 is 5.32 Å². The van der Waals surface area contributed by atoms with Crippen molar-refractivity contribution in [2.45, 2.75) is 174 Å². The van der Waals surface area contributed by atoms with Gasteiger partial charge in [-0.2, -0.15) is 0 Å². The molecule has 5 heterocycles. The lowest BCUT2D eigenvalue weighted by Gasteiger charge is -2.49. The molecule has 332 valence electrons. The van der Waals surface area contributed by atoms with Gasteiger partial charge in [-0.25, -0.2) is 0 Å². The van der Waals surface area contributed by atoms with E-state index in [1.807, 2.05) is 0 Å². The molecule has 1 amide bonds. The zero-order chi connectivity index (χ0) is 42.2. The number of amides is 1. The first-order chi connectivity index (χ1) is 26.8. The van der Waals surface area contributed by atoms with E-state index in [4.69, 9.17) is 42.6 Å². The van der Waals surface area contributed by atoms with Gasteiger partial charge in [-0.15, -0.1) is 0 Å². The number of ether oxygens (including phenoxy) is 9. The van der Waals surface area contributed by atoms with E-state index in [1.165, 1.54) is 13.8 Å². The Bertz CT molecular complexity index is 1290. The van der Waals surface area contributed by atoms with Crippen LogP contribution in [0.1, 0.15) is 20.8 Å². The lowest BCUT2D eigenvalue weighted by molar-refractivity contribution is -0.392. The number of aliphatic hydroxyl groups is 14. The smallest absolute Gasteiger partial charge is 0.217 e. The monoisotopic (exact) mass is 837 g/mol. The first-order valence-electron chi connectivity index (χ1n) is 18.3. The van der Waals surface area contributed by atoms with E-state index in [0.29, 0.717) is 0 Å². The maximum Gasteiger partial charge on any atom is 0.217 e. The summed E-state index contributed by atoms with van der Waals surface area (Å²) in [5, 5.41) is 151. The van der Waals surface area contributed by atoms with Gasteiger partial charge in [0.25, 0.3) is 0 Å².